The second kappa shape index (κ2) is 6.34. The van der Waals surface area contributed by atoms with Gasteiger partial charge in [-0.1, -0.05) is 42.5 Å². The number of nitrogens with zero attached hydrogens (tertiary/aromatic N) is 2. The maximum atomic E-state index is 12.6. The van der Waals surface area contributed by atoms with Gasteiger partial charge in [-0.25, -0.2) is 13.6 Å². The van der Waals surface area contributed by atoms with Crippen molar-refractivity contribution in [1.29, 1.82) is 0 Å². The second-order valence-corrected chi connectivity index (χ2v) is 4.54. The summed E-state index contributed by atoms with van der Waals surface area (Å²) in [5, 5.41) is 0. The molecule has 2 aromatic carbocycles. The fourth-order valence-electron chi connectivity index (χ4n) is 2.06. The molecule has 0 bridgehead atoms. The number of hydrogen-bond donors (Lipinski definition) is 0. The zero-order valence-corrected chi connectivity index (χ0v) is 11.5. The van der Waals surface area contributed by atoms with E-state index in [0.717, 1.165) is 5.52 Å². The highest BCUT2D eigenvalue weighted by molar-refractivity contribution is 6.36. The number of benzene rings is 2. The van der Waals surface area contributed by atoms with E-state index in [2.05, 4.69) is 14.6 Å². The zero-order valence-electron chi connectivity index (χ0n) is 11.5. The van der Waals surface area contributed by atoms with Crippen LogP contribution in [0.4, 0.5) is 8.63 Å². The van der Waals surface area contributed by atoms with Crippen molar-refractivity contribution in [2.24, 2.45) is 0 Å². The van der Waals surface area contributed by atoms with Crippen molar-refractivity contribution in [2.75, 3.05) is 0 Å². The van der Waals surface area contributed by atoms with Gasteiger partial charge >= 0.3 is 7.47 Å². The monoisotopic (exact) mass is 296 g/mol. The normalized spacial score (nSPS) is 11.5. The van der Waals surface area contributed by atoms with Crippen LogP contribution in [0.25, 0.3) is 22.9 Å². The van der Waals surface area contributed by atoms with Crippen LogP contribution in [0.1, 0.15) is 11.3 Å². The maximum Gasteiger partial charge on any atom is 0.796 e. The van der Waals surface area contributed by atoms with E-state index in [0.29, 0.717) is 16.8 Å². The number of para-hydroxylation sites is 2. The Morgan fingerprint density at radius 2 is 1.64 bits per heavy atom. The Morgan fingerprint density at radius 3 is 2.36 bits per heavy atom. The van der Waals surface area contributed by atoms with Gasteiger partial charge in [-0.2, -0.15) is 0 Å². The Bertz CT molecular complexity index is 809. The Balaban J connectivity index is 2.03. The molecule has 0 radical (unpaired) electrons. The summed E-state index contributed by atoms with van der Waals surface area (Å²) in [5.74, 6) is 0.0557. The fourth-order valence-corrected chi connectivity index (χ4v) is 2.06. The van der Waals surface area contributed by atoms with E-state index in [9.17, 15) is 8.63 Å². The van der Waals surface area contributed by atoms with E-state index in [1.54, 1.807) is 30.3 Å². The minimum absolute atomic E-state index is 0.0557. The molecule has 0 N–H and O–H groups in total. The maximum absolute atomic E-state index is 12.6. The van der Waals surface area contributed by atoms with E-state index >= 15 is 0 Å². The quantitative estimate of drug-likeness (QED) is 0.538. The molecule has 0 atom stereocenters. The SMILES string of the molecule is FB(F)O/C(=C/c1cnc2ccccc2n1)c1ccccc1. The highest BCUT2D eigenvalue weighted by Crippen LogP contribution is 2.21. The lowest BCUT2D eigenvalue weighted by molar-refractivity contribution is 0.398. The molecule has 3 nitrogen and oxygen atoms in total. The Hall–Kier alpha value is -2.76. The van der Waals surface area contributed by atoms with Gasteiger partial charge in [0.1, 0.15) is 5.76 Å². The van der Waals surface area contributed by atoms with Gasteiger partial charge in [0.05, 0.1) is 22.9 Å². The first-order valence-electron chi connectivity index (χ1n) is 6.66. The molecule has 0 aliphatic carbocycles. The molecule has 3 rings (SSSR count). The lowest BCUT2D eigenvalue weighted by Gasteiger charge is -2.08. The standard InChI is InChI=1S/C16H11BF2N2O/c18-17(19)22-16(12-6-2-1-3-7-12)10-13-11-20-14-8-4-5-9-15(14)21-13/h1-11H/b16-10+. The van der Waals surface area contributed by atoms with Gasteiger partial charge in [0.2, 0.25) is 0 Å². The summed E-state index contributed by atoms with van der Waals surface area (Å²) >= 11 is 0. The average Bonchev–Trinajstić information content (AvgIpc) is 2.54. The van der Waals surface area contributed by atoms with Crippen LogP contribution in [-0.4, -0.2) is 17.4 Å². The fraction of sp³-hybridized carbons (Fsp3) is 0. The van der Waals surface area contributed by atoms with Gasteiger partial charge in [0.25, 0.3) is 0 Å². The molecule has 0 fully saturated rings. The molecule has 1 heterocycles. The molecular formula is C16H11BF2N2O. The molecule has 22 heavy (non-hydrogen) atoms. The van der Waals surface area contributed by atoms with Gasteiger partial charge in [0.15, 0.2) is 0 Å². The third kappa shape index (κ3) is 3.28. The topological polar surface area (TPSA) is 35.0 Å². The summed E-state index contributed by atoms with van der Waals surface area (Å²) in [4.78, 5) is 8.64. The van der Waals surface area contributed by atoms with Crippen molar-refractivity contribution in [3.05, 3.63) is 72.1 Å². The van der Waals surface area contributed by atoms with Crippen LogP contribution in [0.2, 0.25) is 0 Å². The molecule has 0 amide bonds. The molecule has 0 saturated carbocycles. The van der Waals surface area contributed by atoms with Gasteiger partial charge in [-0.05, 0) is 12.1 Å². The molecule has 0 saturated heterocycles. The molecule has 0 spiro atoms. The summed E-state index contributed by atoms with van der Waals surface area (Å²) in [7, 11) is -2.90. The second-order valence-electron chi connectivity index (χ2n) is 4.54. The molecule has 108 valence electrons. The molecule has 0 unspecified atom stereocenters. The highest BCUT2D eigenvalue weighted by atomic mass is 19.2. The van der Waals surface area contributed by atoms with Crippen LogP contribution < -0.4 is 0 Å². The summed E-state index contributed by atoms with van der Waals surface area (Å²) in [5.41, 5.74) is 2.45. The Morgan fingerprint density at radius 1 is 0.955 bits per heavy atom. The van der Waals surface area contributed by atoms with Crippen LogP contribution >= 0.6 is 0 Å². The molecule has 0 aliphatic rings. The summed E-state index contributed by atoms with van der Waals surface area (Å²) in [6, 6.07) is 16.1. The van der Waals surface area contributed by atoms with E-state index < -0.39 is 7.47 Å². The summed E-state index contributed by atoms with van der Waals surface area (Å²) < 4.78 is 29.9. The first kappa shape index (κ1) is 14.2. The lowest BCUT2D eigenvalue weighted by atomic mass is 10.1. The molecular weight excluding hydrogens is 285 g/mol. The van der Waals surface area contributed by atoms with Gasteiger partial charge in [-0.3, -0.25) is 4.98 Å². The third-order valence-corrected chi connectivity index (χ3v) is 3.02. The predicted octanol–water partition coefficient (Wildman–Crippen LogP) is 4.07. The van der Waals surface area contributed by atoms with Gasteiger partial charge < -0.3 is 4.65 Å². The van der Waals surface area contributed by atoms with Crippen molar-refractivity contribution in [3.8, 4) is 0 Å². The molecule has 0 aliphatic heterocycles. The van der Waals surface area contributed by atoms with Crippen LogP contribution in [0.15, 0.2) is 60.8 Å². The number of hydrogen-bond acceptors (Lipinski definition) is 3. The van der Waals surface area contributed by atoms with Crippen molar-refractivity contribution >= 4 is 30.3 Å². The van der Waals surface area contributed by atoms with E-state index in [1.807, 2.05) is 24.3 Å². The van der Waals surface area contributed by atoms with Crippen LogP contribution in [0.5, 0.6) is 0 Å². The number of aromatic nitrogens is 2. The summed E-state index contributed by atoms with van der Waals surface area (Å²) in [6.07, 6.45) is 2.99. The van der Waals surface area contributed by atoms with Crippen molar-refractivity contribution in [2.45, 2.75) is 0 Å². The minimum Gasteiger partial charge on any atom is -0.505 e. The van der Waals surface area contributed by atoms with E-state index in [-0.39, 0.29) is 5.76 Å². The summed E-state index contributed by atoms with van der Waals surface area (Å²) in [6.45, 7) is 0. The third-order valence-electron chi connectivity index (χ3n) is 3.02. The first-order chi connectivity index (χ1) is 10.7. The molecule has 1 aromatic heterocycles. The zero-order chi connectivity index (χ0) is 15.4. The largest absolute Gasteiger partial charge is 0.796 e. The Kier molecular flexibility index (Phi) is 4.09. The van der Waals surface area contributed by atoms with Crippen LogP contribution in [0, 0.1) is 0 Å². The number of rotatable bonds is 4. The van der Waals surface area contributed by atoms with E-state index in [4.69, 9.17) is 0 Å². The van der Waals surface area contributed by atoms with E-state index in [1.165, 1.54) is 12.3 Å². The van der Waals surface area contributed by atoms with Gasteiger partial charge in [-0.15, -0.1) is 0 Å². The van der Waals surface area contributed by atoms with Crippen molar-refractivity contribution in [3.63, 3.8) is 0 Å². The van der Waals surface area contributed by atoms with Crippen LogP contribution in [0.3, 0.4) is 0 Å². The lowest BCUT2D eigenvalue weighted by Crippen LogP contribution is -2.04. The Labute approximate surface area is 126 Å². The highest BCUT2D eigenvalue weighted by Gasteiger charge is 2.20. The predicted molar refractivity (Wildman–Crippen MR) is 82.9 cm³/mol. The first-order valence-corrected chi connectivity index (χ1v) is 6.66. The smallest absolute Gasteiger partial charge is 0.505 e. The van der Waals surface area contributed by atoms with Crippen molar-refractivity contribution in [1.82, 2.24) is 9.97 Å². The molecule has 6 heteroatoms. The minimum atomic E-state index is -2.90. The number of halogens is 2. The van der Waals surface area contributed by atoms with Crippen molar-refractivity contribution < 1.29 is 13.3 Å². The van der Waals surface area contributed by atoms with Crippen LogP contribution in [-0.2, 0) is 4.65 Å². The average molecular weight is 296 g/mol. The van der Waals surface area contributed by atoms with Gasteiger partial charge in [0, 0.05) is 11.6 Å². The number of fused-ring (bicyclic) bond motifs is 1. The molecule has 3 aromatic rings.